The minimum Gasteiger partial charge on any atom is -0.398 e. The van der Waals surface area contributed by atoms with Gasteiger partial charge in [-0.3, -0.25) is 0 Å². The Bertz CT molecular complexity index is 555. The summed E-state index contributed by atoms with van der Waals surface area (Å²) in [6, 6.07) is 5.22. The van der Waals surface area contributed by atoms with Crippen molar-refractivity contribution in [1.29, 1.82) is 0 Å². The van der Waals surface area contributed by atoms with Crippen molar-refractivity contribution < 1.29 is 4.74 Å². The van der Waals surface area contributed by atoms with E-state index in [0.717, 1.165) is 5.56 Å². The summed E-state index contributed by atoms with van der Waals surface area (Å²) in [5.41, 5.74) is 7.24. The molecule has 1 aromatic heterocycles. The van der Waals surface area contributed by atoms with E-state index in [4.69, 9.17) is 22.1 Å². The molecule has 7 heteroatoms. The Hall–Kier alpha value is -1.66. The highest BCUT2D eigenvalue weighted by molar-refractivity contribution is 6.31. The fraction of sp³-hybridized carbons (Fsp3) is 0.417. The van der Waals surface area contributed by atoms with E-state index in [0.29, 0.717) is 29.7 Å². The van der Waals surface area contributed by atoms with Crippen LogP contribution in [-0.2, 0) is 11.3 Å². The van der Waals surface area contributed by atoms with E-state index in [1.54, 1.807) is 22.9 Å². The van der Waals surface area contributed by atoms with Crippen LogP contribution < -0.4 is 5.73 Å². The number of tetrazole rings is 1. The molecule has 0 unspecified atom stereocenters. The molecular formula is C12H16ClN5O. The number of rotatable bonds is 5. The maximum atomic E-state index is 5.97. The second-order valence-electron chi connectivity index (χ2n) is 4.38. The number of nitrogen functional groups attached to an aromatic ring is 1. The quantitative estimate of drug-likeness (QED) is 0.848. The van der Waals surface area contributed by atoms with Crippen molar-refractivity contribution in [3.63, 3.8) is 0 Å². The molecule has 102 valence electrons. The number of aromatic nitrogens is 4. The van der Waals surface area contributed by atoms with Crippen LogP contribution in [-0.4, -0.2) is 32.9 Å². The zero-order chi connectivity index (χ0) is 13.8. The fourth-order valence-corrected chi connectivity index (χ4v) is 1.82. The first kappa shape index (κ1) is 13.8. The molecule has 0 amide bonds. The molecule has 0 radical (unpaired) electrons. The van der Waals surface area contributed by atoms with Gasteiger partial charge < -0.3 is 10.5 Å². The molecule has 0 aliphatic carbocycles. The van der Waals surface area contributed by atoms with Crippen LogP contribution in [0.25, 0.3) is 11.4 Å². The molecule has 2 rings (SSSR count). The molecular weight excluding hydrogens is 266 g/mol. The van der Waals surface area contributed by atoms with Crippen LogP contribution in [0, 0.1) is 0 Å². The number of hydrogen-bond donors (Lipinski definition) is 1. The fourth-order valence-electron chi connectivity index (χ4n) is 1.65. The normalized spacial score (nSPS) is 11.2. The summed E-state index contributed by atoms with van der Waals surface area (Å²) in [4.78, 5) is 0. The first-order chi connectivity index (χ1) is 9.08. The minimum atomic E-state index is 0.177. The van der Waals surface area contributed by atoms with Crippen LogP contribution in [0.5, 0.6) is 0 Å². The number of halogens is 1. The van der Waals surface area contributed by atoms with Gasteiger partial charge in [0.15, 0.2) is 5.82 Å². The molecule has 2 aromatic rings. The molecule has 0 saturated heterocycles. The lowest BCUT2D eigenvalue weighted by Gasteiger charge is -2.09. The number of hydrogen-bond acceptors (Lipinski definition) is 5. The van der Waals surface area contributed by atoms with Crippen molar-refractivity contribution in [2.75, 3.05) is 12.3 Å². The van der Waals surface area contributed by atoms with Gasteiger partial charge >= 0.3 is 0 Å². The van der Waals surface area contributed by atoms with E-state index in [2.05, 4.69) is 15.5 Å². The molecule has 0 atom stereocenters. The summed E-state index contributed by atoms with van der Waals surface area (Å²) in [6.07, 6.45) is 0.177. The zero-order valence-electron chi connectivity index (χ0n) is 10.9. The Kier molecular flexibility index (Phi) is 4.34. The minimum absolute atomic E-state index is 0.177. The highest BCUT2D eigenvalue weighted by Gasteiger charge is 2.12. The largest absolute Gasteiger partial charge is 0.398 e. The summed E-state index contributed by atoms with van der Waals surface area (Å²) < 4.78 is 7.14. The van der Waals surface area contributed by atoms with E-state index < -0.39 is 0 Å². The third-order valence-electron chi connectivity index (χ3n) is 2.54. The van der Waals surface area contributed by atoms with Gasteiger partial charge in [-0.05, 0) is 42.5 Å². The van der Waals surface area contributed by atoms with E-state index >= 15 is 0 Å². The lowest BCUT2D eigenvalue weighted by Crippen LogP contribution is -2.13. The zero-order valence-corrected chi connectivity index (χ0v) is 11.6. The molecule has 0 saturated carbocycles. The Balaban J connectivity index is 2.21. The molecule has 19 heavy (non-hydrogen) atoms. The van der Waals surface area contributed by atoms with Gasteiger partial charge in [0.2, 0.25) is 0 Å². The summed E-state index contributed by atoms with van der Waals surface area (Å²) >= 11 is 5.97. The summed E-state index contributed by atoms with van der Waals surface area (Å²) in [6.45, 7) is 5.06. The SMILES string of the molecule is CC(C)OCCn1nnnc1-c1cc(Cl)ccc1N. The van der Waals surface area contributed by atoms with Gasteiger partial charge in [-0.1, -0.05) is 11.6 Å². The van der Waals surface area contributed by atoms with Crippen molar-refractivity contribution in [2.45, 2.75) is 26.5 Å². The van der Waals surface area contributed by atoms with Crippen molar-refractivity contribution in [1.82, 2.24) is 20.2 Å². The Morgan fingerprint density at radius 2 is 2.21 bits per heavy atom. The summed E-state index contributed by atoms with van der Waals surface area (Å²) in [5, 5.41) is 12.2. The maximum Gasteiger partial charge on any atom is 0.184 e. The highest BCUT2D eigenvalue weighted by atomic mass is 35.5. The van der Waals surface area contributed by atoms with Crippen LogP contribution in [0.3, 0.4) is 0 Å². The van der Waals surface area contributed by atoms with Crippen LogP contribution in [0.1, 0.15) is 13.8 Å². The van der Waals surface area contributed by atoms with Gasteiger partial charge in [0.05, 0.1) is 19.3 Å². The third-order valence-corrected chi connectivity index (χ3v) is 2.78. The number of anilines is 1. The predicted molar refractivity (Wildman–Crippen MR) is 73.8 cm³/mol. The van der Waals surface area contributed by atoms with Gasteiger partial charge in [0.25, 0.3) is 0 Å². The standard InChI is InChI=1S/C12H16ClN5O/c1-8(2)19-6-5-18-12(15-16-17-18)10-7-9(13)3-4-11(10)14/h3-4,7-8H,5-6,14H2,1-2H3. The molecule has 0 fully saturated rings. The number of nitrogens with zero attached hydrogens (tertiary/aromatic N) is 4. The summed E-state index contributed by atoms with van der Waals surface area (Å²) in [5.74, 6) is 0.590. The van der Waals surface area contributed by atoms with Crippen molar-refractivity contribution >= 4 is 17.3 Å². The third kappa shape index (κ3) is 3.42. The average molecular weight is 282 g/mol. The molecule has 0 aliphatic rings. The van der Waals surface area contributed by atoms with Crippen molar-refractivity contribution in [3.05, 3.63) is 23.2 Å². The van der Waals surface area contributed by atoms with Crippen molar-refractivity contribution in [3.8, 4) is 11.4 Å². The second kappa shape index (κ2) is 5.99. The predicted octanol–water partition coefficient (Wildman–Crippen LogP) is 2.00. The highest BCUT2D eigenvalue weighted by Crippen LogP contribution is 2.26. The lowest BCUT2D eigenvalue weighted by atomic mass is 10.1. The first-order valence-electron chi connectivity index (χ1n) is 6.01. The Morgan fingerprint density at radius 1 is 1.42 bits per heavy atom. The van der Waals surface area contributed by atoms with Gasteiger partial charge in [-0.25, -0.2) is 4.68 Å². The Labute approximate surface area is 116 Å². The van der Waals surface area contributed by atoms with Gasteiger partial charge in [-0.2, -0.15) is 0 Å². The topological polar surface area (TPSA) is 78.8 Å². The lowest BCUT2D eigenvalue weighted by molar-refractivity contribution is 0.0709. The summed E-state index contributed by atoms with van der Waals surface area (Å²) in [7, 11) is 0. The number of nitrogens with two attached hydrogens (primary N) is 1. The average Bonchev–Trinajstić information content (AvgIpc) is 2.80. The van der Waals surface area contributed by atoms with E-state index in [1.807, 2.05) is 13.8 Å². The van der Waals surface area contributed by atoms with E-state index in [-0.39, 0.29) is 6.10 Å². The second-order valence-corrected chi connectivity index (χ2v) is 4.81. The van der Waals surface area contributed by atoms with Gasteiger partial charge in [0.1, 0.15) is 0 Å². The maximum absolute atomic E-state index is 5.97. The molecule has 1 heterocycles. The molecule has 1 aromatic carbocycles. The van der Waals surface area contributed by atoms with E-state index in [1.165, 1.54) is 0 Å². The van der Waals surface area contributed by atoms with Crippen LogP contribution >= 0.6 is 11.6 Å². The molecule has 6 nitrogen and oxygen atoms in total. The monoisotopic (exact) mass is 281 g/mol. The molecule has 0 aliphatic heterocycles. The number of benzene rings is 1. The van der Waals surface area contributed by atoms with Crippen molar-refractivity contribution in [2.24, 2.45) is 0 Å². The van der Waals surface area contributed by atoms with Crippen LogP contribution in [0.4, 0.5) is 5.69 Å². The smallest absolute Gasteiger partial charge is 0.184 e. The Morgan fingerprint density at radius 3 is 2.95 bits per heavy atom. The van der Waals surface area contributed by atoms with Gasteiger partial charge in [-0.15, -0.1) is 5.10 Å². The van der Waals surface area contributed by atoms with Gasteiger partial charge in [0, 0.05) is 16.3 Å². The molecule has 2 N–H and O–H groups in total. The molecule has 0 bridgehead atoms. The first-order valence-corrected chi connectivity index (χ1v) is 6.39. The van der Waals surface area contributed by atoms with E-state index in [9.17, 15) is 0 Å². The van der Waals surface area contributed by atoms with Crippen LogP contribution in [0.15, 0.2) is 18.2 Å². The van der Waals surface area contributed by atoms with Crippen LogP contribution in [0.2, 0.25) is 5.02 Å². The molecule has 0 spiro atoms. The number of ether oxygens (including phenoxy) is 1.